The quantitative estimate of drug-likeness (QED) is 0.0798. The first-order valence-corrected chi connectivity index (χ1v) is 13.5. The molecule has 0 aromatic carbocycles. The Kier molecular flexibility index (Phi) is 24.0. The highest BCUT2D eigenvalue weighted by Crippen LogP contribution is 2.50. The van der Waals surface area contributed by atoms with E-state index in [1.54, 1.807) is 0 Å². The van der Waals surface area contributed by atoms with Gasteiger partial charge in [-0.1, -0.05) is 0 Å². The first kappa shape index (κ1) is 42.0. The van der Waals surface area contributed by atoms with Crippen molar-refractivity contribution < 1.29 is 71.6 Å². The lowest BCUT2D eigenvalue weighted by atomic mass is 10.5. The van der Waals surface area contributed by atoms with E-state index < -0.39 is 28.4 Å². The van der Waals surface area contributed by atoms with Crippen LogP contribution in [0, 0.1) is 0 Å². The number of nitrogens with zero attached hydrogens (tertiary/aromatic N) is 3. The smallest absolute Gasteiger partial charge is 0.301 e. The van der Waals surface area contributed by atoms with Gasteiger partial charge < -0.3 is 53.1 Å². The number of rotatable bonds is 12. The van der Waals surface area contributed by atoms with Gasteiger partial charge in [-0.3, -0.25) is 8.88 Å². The Balaban J connectivity index is -0.000000196. The van der Waals surface area contributed by atoms with Crippen molar-refractivity contribution in [2.24, 2.45) is 0 Å². The van der Waals surface area contributed by atoms with E-state index in [1.807, 2.05) is 0 Å². The van der Waals surface area contributed by atoms with Gasteiger partial charge in [-0.25, -0.2) is 4.89 Å². The van der Waals surface area contributed by atoms with Crippen molar-refractivity contribution in [2.75, 3.05) is 109 Å². The molecule has 0 heterocycles. The van der Waals surface area contributed by atoms with Crippen LogP contribution in [0.15, 0.2) is 0 Å². The molecule has 0 radical (unpaired) electrons. The lowest BCUT2D eigenvalue weighted by Gasteiger charge is -2.34. The Bertz CT molecular complexity index is 549. The third-order valence-electron chi connectivity index (χ3n) is 3.07. The molecule has 0 aromatic heterocycles. The molecule has 0 amide bonds. The molecule has 0 aliphatic carbocycles. The number of hydrogen-bond donors (Lipinski definition) is 4. The van der Waals surface area contributed by atoms with Gasteiger partial charge in [0.25, 0.3) is 0 Å². The number of aliphatic hydroxyl groups excluding tert-OH is 4. The van der Waals surface area contributed by atoms with Crippen LogP contribution in [-0.2, 0) is 23.0 Å². The molecule has 0 saturated carbocycles. The van der Waals surface area contributed by atoms with E-state index in [4.69, 9.17) is 20.4 Å². The lowest BCUT2D eigenvalue weighted by Crippen LogP contribution is -2.36. The van der Waals surface area contributed by atoms with Gasteiger partial charge >= 0.3 is 7.82 Å². The van der Waals surface area contributed by atoms with Gasteiger partial charge in [0.15, 0.2) is 0 Å². The van der Waals surface area contributed by atoms with Gasteiger partial charge in [0.05, 0.1) is 97.7 Å². The van der Waals surface area contributed by atoms with Crippen LogP contribution in [0.2, 0.25) is 0 Å². The van der Waals surface area contributed by atoms with E-state index >= 15 is 0 Å². The Hall–Kier alpha value is -0.0600. The molecule has 0 aliphatic rings. The molecule has 0 aliphatic heterocycles. The Morgan fingerprint density at radius 3 is 1.11 bits per heavy atom. The monoisotopic (exact) mass is 561 g/mol. The first-order valence-electron chi connectivity index (χ1n) is 10.6. The molecular formula is C18H49N3O12P2. The van der Waals surface area contributed by atoms with Gasteiger partial charge in [-0.05, 0) is 6.92 Å². The largest absolute Gasteiger partial charge is 0.790 e. The minimum atomic E-state index is -5.70. The van der Waals surface area contributed by atoms with Crippen LogP contribution < -0.4 is 14.7 Å². The third-order valence-corrected chi connectivity index (χ3v) is 4.94. The van der Waals surface area contributed by atoms with Crippen LogP contribution >= 0.6 is 15.6 Å². The van der Waals surface area contributed by atoms with Crippen molar-refractivity contribution in [3.05, 3.63) is 0 Å². The van der Waals surface area contributed by atoms with Crippen LogP contribution in [0.3, 0.4) is 0 Å². The van der Waals surface area contributed by atoms with Crippen LogP contribution in [0.4, 0.5) is 0 Å². The topological polar surface area (TPSA) is 212 Å². The summed E-state index contributed by atoms with van der Waals surface area (Å²) in [7, 11) is 7.41. The van der Waals surface area contributed by atoms with E-state index in [-0.39, 0.29) is 19.8 Å². The molecule has 2 unspecified atom stereocenters. The van der Waals surface area contributed by atoms with E-state index in [2.05, 4.69) is 77.3 Å². The molecular weight excluding hydrogens is 512 g/mol. The first-order chi connectivity index (χ1) is 15.3. The lowest BCUT2D eigenvalue weighted by molar-refractivity contribution is -0.870. The van der Waals surface area contributed by atoms with Crippen molar-refractivity contribution in [2.45, 2.75) is 13.0 Å². The number of hydrogen-bond acceptors (Lipinski definition) is 12. The minimum absolute atomic E-state index is 0.281. The molecule has 2 atom stereocenters. The summed E-state index contributed by atoms with van der Waals surface area (Å²) in [5.74, 6) is 0. The molecule has 0 fully saturated rings. The van der Waals surface area contributed by atoms with Crippen molar-refractivity contribution in [1.29, 1.82) is 0 Å². The zero-order valence-corrected chi connectivity index (χ0v) is 24.6. The molecule has 4 N–H and O–H groups in total. The number of likely N-dealkylation sites (N-methyl/N-ethyl adjacent to an activating group) is 3. The van der Waals surface area contributed by atoms with Gasteiger partial charge in [0, 0.05) is 0 Å². The van der Waals surface area contributed by atoms with Crippen molar-refractivity contribution >= 4 is 15.6 Å². The van der Waals surface area contributed by atoms with Gasteiger partial charge in [-0.15, -0.1) is 0 Å². The predicted molar refractivity (Wildman–Crippen MR) is 125 cm³/mol. The zero-order chi connectivity index (χ0) is 29.1. The highest BCUT2D eigenvalue weighted by atomic mass is 31.3. The zero-order valence-electron chi connectivity index (χ0n) is 22.8. The summed E-state index contributed by atoms with van der Waals surface area (Å²) in [5, 5.41) is 33.5. The second kappa shape index (κ2) is 20.0. The Labute approximate surface area is 210 Å². The van der Waals surface area contributed by atoms with E-state index in [0.717, 1.165) is 33.1 Å². The Morgan fingerprint density at radius 2 is 0.971 bits per heavy atom. The highest BCUT2D eigenvalue weighted by Gasteiger charge is 2.15. The van der Waals surface area contributed by atoms with Crippen LogP contribution in [0.5, 0.6) is 0 Å². The van der Waals surface area contributed by atoms with Crippen LogP contribution in [0.25, 0.3) is 0 Å². The molecule has 218 valence electrons. The second-order valence-electron chi connectivity index (χ2n) is 10.4. The standard InChI is InChI=1S/3C5H14NO.C3H10O9P2/c3*1-6(2,3)4-5-7;1-3(2-4)10-11-14(8,9)12-13(5,6)7/h3*7H,4-5H2,1-3H3;3-4H,2H2,1H3,(H,8,9)(H2,5,6,7)/q3*+1;/p-3. The summed E-state index contributed by atoms with van der Waals surface area (Å²) < 4.78 is 29.4. The van der Waals surface area contributed by atoms with Crippen molar-refractivity contribution in [3.8, 4) is 0 Å². The molecule has 0 bridgehead atoms. The molecule has 0 spiro atoms. The molecule has 15 nitrogen and oxygen atoms in total. The molecule has 35 heavy (non-hydrogen) atoms. The highest BCUT2D eigenvalue weighted by molar-refractivity contribution is 7.58. The average Bonchev–Trinajstić information content (AvgIpc) is 2.56. The number of quaternary nitrogens is 3. The van der Waals surface area contributed by atoms with Crippen LogP contribution in [-0.4, -0.2) is 149 Å². The van der Waals surface area contributed by atoms with E-state index in [0.29, 0.717) is 0 Å². The van der Waals surface area contributed by atoms with E-state index in [1.165, 1.54) is 6.92 Å². The summed E-state index contributed by atoms with van der Waals surface area (Å²) in [4.78, 5) is 34.1. The summed E-state index contributed by atoms with van der Waals surface area (Å²) >= 11 is 0. The summed E-state index contributed by atoms with van der Waals surface area (Å²) in [6.07, 6.45) is -1.02. The van der Waals surface area contributed by atoms with Gasteiger partial charge in [0.2, 0.25) is 0 Å². The van der Waals surface area contributed by atoms with Gasteiger partial charge in [-0.2, -0.15) is 4.67 Å². The van der Waals surface area contributed by atoms with Crippen molar-refractivity contribution in [1.82, 2.24) is 0 Å². The average molecular weight is 562 g/mol. The maximum Gasteiger partial charge on any atom is 0.301 e. The van der Waals surface area contributed by atoms with E-state index in [9.17, 15) is 23.8 Å². The number of phosphoric acid groups is 2. The summed E-state index contributed by atoms with van der Waals surface area (Å²) in [6.45, 7) is 4.01. The SMILES string of the molecule is CC(CO)OOP(=O)([O-])OP(=O)([O-])[O-].C[N+](C)(C)CCO.C[N+](C)(C)CCO.C[N+](C)(C)CCO. The summed E-state index contributed by atoms with van der Waals surface area (Å²) in [5.41, 5.74) is 0. The van der Waals surface area contributed by atoms with Crippen LogP contribution in [0.1, 0.15) is 6.92 Å². The summed E-state index contributed by atoms with van der Waals surface area (Å²) in [6, 6.07) is 0. The molecule has 17 heteroatoms. The molecule has 0 aromatic rings. The second-order valence-corrected chi connectivity index (χ2v) is 12.9. The maximum absolute atomic E-state index is 10.5. The van der Waals surface area contributed by atoms with Crippen molar-refractivity contribution in [3.63, 3.8) is 0 Å². The normalized spacial score (nSPS) is 14.8. The fraction of sp³-hybridized carbons (Fsp3) is 1.00. The predicted octanol–water partition coefficient (Wildman–Crippen LogP) is -3.32. The molecule has 0 saturated heterocycles. The maximum atomic E-state index is 10.5. The number of aliphatic hydroxyl groups is 4. The Morgan fingerprint density at radius 1 is 0.686 bits per heavy atom. The molecule has 0 rings (SSSR count). The minimum Gasteiger partial charge on any atom is -0.790 e. The fourth-order valence-corrected chi connectivity index (χ4v) is 2.53. The fourth-order valence-electron chi connectivity index (χ4n) is 1.19. The van der Waals surface area contributed by atoms with Gasteiger partial charge in [0.1, 0.15) is 25.7 Å². The third kappa shape index (κ3) is 51.5.